The molecule has 35 heavy (non-hydrogen) atoms. The van der Waals surface area contributed by atoms with Crippen LogP contribution in [-0.2, 0) is 20.9 Å². The predicted octanol–water partition coefficient (Wildman–Crippen LogP) is 4.89. The molecule has 0 aliphatic heterocycles. The molecular weight excluding hydrogens is 442 g/mol. The number of hydrogen-bond acceptors (Lipinski definition) is 4. The average molecular weight is 482 g/mol. The van der Waals surface area contributed by atoms with Gasteiger partial charge in [-0.25, -0.2) is 4.79 Å². The summed E-state index contributed by atoms with van der Waals surface area (Å²) in [6.45, 7) is 11.6. The SMILES string of the molecule is CCCCN(C(=O)C(C)NC(=O)OC(C)(C)C)C(C(=O)NCc1ccccc1)c1cccc(C)c1. The van der Waals surface area contributed by atoms with E-state index >= 15 is 0 Å². The molecule has 0 spiro atoms. The van der Waals surface area contributed by atoms with E-state index in [2.05, 4.69) is 10.6 Å². The first-order valence-corrected chi connectivity index (χ1v) is 12.2. The fourth-order valence-corrected chi connectivity index (χ4v) is 3.68. The predicted molar refractivity (Wildman–Crippen MR) is 138 cm³/mol. The lowest BCUT2D eigenvalue weighted by molar-refractivity contribution is -0.142. The number of nitrogens with zero attached hydrogens (tertiary/aromatic N) is 1. The minimum Gasteiger partial charge on any atom is -0.444 e. The number of nitrogens with one attached hydrogen (secondary N) is 2. The lowest BCUT2D eigenvalue weighted by Crippen LogP contribution is -2.52. The Morgan fingerprint density at radius 1 is 1.03 bits per heavy atom. The zero-order valence-corrected chi connectivity index (χ0v) is 21.8. The van der Waals surface area contributed by atoms with Crippen LogP contribution in [0.4, 0.5) is 4.79 Å². The second-order valence-corrected chi connectivity index (χ2v) is 9.77. The highest BCUT2D eigenvalue weighted by molar-refractivity contribution is 5.92. The van der Waals surface area contributed by atoms with Crippen molar-refractivity contribution < 1.29 is 19.1 Å². The highest BCUT2D eigenvalue weighted by Crippen LogP contribution is 2.24. The van der Waals surface area contributed by atoms with Crippen LogP contribution in [0, 0.1) is 6.92 Å². The van der Waals surface area contributed by atoms with Gasteiger partial charge in [0.2, 0.25) is 11.8 Å². The molecule has 7 nitrogen and oxygen atoms in total. The van der Waals surface area contributed by atoms with Crippen molar-refractivity contribution in [3.8, 4) is 0 Å². The summed E-state index contributed by atoms with van der Waals surface area (Å²) >= 11 is 0. The van der Waals surface area contributed by atoms with Crippen LogP contribution in [0.1, 0.15) is 70.2 Å². The molecule has 0 fully saturated rings. The highest BCUT2D eigenvalue weighted by Gasteiger charge is 2.34. The van der Waals surface area contributed by atoms with E-state index < -0.39 is 23.8 Å². The number of carbonyl (C=O) groups is 3. The second kappa shape index (κ2) is 12.9. The molecule has 0 bridgehead atoms. The van der Waals surface area contributed by atoms with Gasteiger partial charge in [-0.2, -0.15) is 0 Å². The molecular formula is C28H39N3O4. The summed E-state index contributed by atoms with van der Waals surface area (Å²) < 4.78 is 5.32. The van der Waals surface area contributed by atoms with Gasteiger partial charge >= 0.3 is 6.09 Å². The van der Waals surface area contributed by atoms with Crippen LogP contribution in [0.25, 0.3) is 0 Å². The van der Waals surface area contributed by atoms with Crippen molar-refractivity contribution in [3.05, 3.63) is 71.3 Å². The molecule has 0 saturated carbocycles. The van der Waals surface area contributed by atoms with Gasteiger partial charge in [0.1, 0.15) is 17.7 Å². The van der Waals surface area contributed by atoms with Gasteiger partial charge in [-0.3, -0.25) is 9.59 Å². The molecule has 0 aliphatic rings. The highest BCUT2D eigenvalue weighted by atomic mass is 16.6. The van der Waals surface area contributed by atoms with E-state index in [-0.39, 0.29) is 11.8 Å². The Balaban J connectivity index is 2.33. The molecule has 2 aromatic carbocycles. The molecule has 3 amide bonds. The zero-order valence-electron chi connectivity index (χ0n) is 21.8. The first-order valence-electron chi connectivity index (χ1n) is 12.2. The summed E-state index contributed by atoms with van der Waals surface area (Å²) in [5, 5.41) is 5.62. The summed E-state index contributed by atoms with van der Waals surface area (Å²) in [6.07, 6.45) is 0.901. The van der Waals surface area contributed by atoms with Crippen LogP contribution < -0.4 is 10.6 Å². The first kappa shape index (κ1) is 27.9. The Labute approximate surface area is 209 Å². The van der Waals surface area contributed by atoms with Crippen molar-refractivity contribution in [2.24, 2.45) is 0 Å². The standard InChI is InChI=1S/C28H39N3O4/c1-7-8-17-31(26(33)21(3)30-27(34)35-28(4,5)6)24(23-16-12-13-20(2)18-23)25(32)29-19-22-14-10-9-11-15-22/h9-16,18,21,24H,7-8,17,19H2,1-6H3,(H,29,32)(H,30,34). The third kappa shape index (κ3) is 9.08. The van der Waals surface area contributed by atoms with E-state index in [1.165, 1.54) is 0 Å². The number of hydrogen-bond donors (Lipinski definition) is 2. The van der Waals surface area contributed by atoms with Crippen LogP contribution in [0.5, 0.6) is 0 Å². The Bertz CT molecular complexity index is 985. The number of ether oxygens (including phenoxy) is 1. The number of rotatable bonds is 10. The van der Waals surface area contributed by atoms with Crippen molar-refractivity contribution in [2.45, 2.75) is 78.6 Å². The maximum Gasteiger partial charge on any atom is 0.408 e. The van der Waals surface area contributed by atoms with Gasteiger partial charge in [-0.05, 0) is 52.2 Å². The molecule has 2 atom stereocenters. The smallest absolute Gasteiger partial charge is 0.408 e. The lowest BCUT2D eigenvalue weighted by atomic mass is 10.0. The third-order valence-electron chi connectivity index (χ3n) is 5.37. The maximum atomic E-state index is 13.6. The fourth-order valence-electron chi connectivity index (χ4n) is 3.68. The Morgan fingerprint density at radius 2 is 1.71 bits per heavy atom. The summed E-state index contributed by atoms with van der Waals surface area (Å²) in [5.74, 6) is -0.612. The molecule has 2 rings (SSSR count). The second-order valence-electron chi connectivity index (χ2n) is 9.77. The van der Waals surface area contributed by atoms with E-state index in [1.54, 1.807) is 32.6 Å². The van der Waals surface area contributed by atoms with Crippen molar-refractivity contribution in [1.82, 2.24) is 15.5 Å². The molecule has 2 unspecified atom stereocenters. The van der Waals surface area contributed by atoms with E-state index in [4.69, 9.17) is 4.74 Å². The van der Waals surface area contributed by atoms with Crippen LogP contribution in [0.2, 0.25) is 0 Å². The summed E-state index contributed by atoms with van der Waals surface area (Å²) in [7, 11) is 0. The number of aryl methyl sites for hydroxylation is 1. The van der Waals surface area contributed by atoms with E-state index in [9.17, 15) is 14.4 Å². The topological polar surface area (TPSA) is 87.7 Å². The number of benzene rings is 2. The van der Waals surface area contributed by atoms with Crippen LogP contribution in [0.15, 0.2) is 54.6 Å². The normalized spacial score (nSPS) is 12.9. The molecule has 2 aromatic rings. The molecule has 190 valence electrons. The Morgan fingerprint density at radius 3 is 2.31 bits per heavy atom. The molecule has 0 saturated heterocycles. The van der Waals surface area contributed by atoms with Gasteiger partial charge in [-0.1, -0.05) is 73.5 Å². The van der Waals surface area contributed by atoms with Crippen LogP contribution in [-0.4, -0.2) is 41.0 Å². The summed E-state index contributed by atoms with van der Waals surface area (Å²) in [5.41, 5.74) is 2.00. The average Bonchev–Trinajstić information content (AvgIpc) is 2.79. The van der Waals surface area contributed by atoms with Gasteiger partial charge in [0.15, 0.2) is 0 Å². The molecule has 0 aliphatic carbocycles. The van der Waals surface area contributed by atoms with Crippen molar-refractivity contribution in [1.29, 1.82) is 0 Å². The van der Waals surface area contributed by atoms with Gasteiger partial charge in [0.05, 0.1) is 0 Å². The van der Waals surface area contributed by atoms with Gasteiger partial charge < -0.3 is 20.3 Å². The number of amides is 3. The molecule has 2 N–H and O–H groups in total. The van der Waals surface area contributed by atoms with E-state index in [0.717, 1.165) is 29.5 Å². The van der Waals surface area contributed by atoms with Gasteiger partial charge in [0.25, 0.3) is 0 Å². The Hall–Kier alpha value is -3.35. The number of carbonyl (C=O) groups excluding carboxylic acids is 3. The van der Waals surface area contributed by atoms with Crippen molar-refractivity contribution in [3.63, 3.8) is 0 Å². The zero-order chi connectivity index (χ0) is 26.0. The van der Waals surface area contributed by atoms with Gasteiger partial charge in [0, 0.05) is 13.1 Å². The number of alkyl carbamates (subject to hydrolysis) is 1. The summed E-state index contributed by atoms with van der Waals surface area (Å²) in [6, 6.07) is 15.6. The van der Waals surface area contributed by atoms with E-state index in [0.29, 0.717) is 13.1 Å². The lowest BCUT2D eigenvalue weighted by Gasteiger charge is -2.34. The molecule has 0 radical (unpaired) electrons. The van der Waals surface area contributed by atoms with Gasteiger partial charge in [-0.15, -0.1) is 0 Å². The molecule has 0 heterocycles. The quantitative estimate of drug-likeness (QED) is 0.506. The van der Waals surface area contributed by atoms with Crippen LogP contribution in [0.3, 0.4) is 0 Å². The largest absolute Gasteiger partial charge is 0.444 e. The molecule has 0 aromatic heterocycles. The Kier molecular flexibility index (Phi) is 10.3. The third-order valence-corrected chi connectivity index (χ3v) is 5.37. The maximum absolute atomic E-state index is 13.6. The molecule has 7 heteroatoms. The fraction of sp³-hybridized carbons (Fsp3) is 0.464. The van der Waals surface area contributed by atoms with Crippen LogP contribution >= 0.6 is 0 Å². The van der Waals surface area contributed by atoms with Crippen molar-refractivity contribution in [2.75, 3.05) is 6.54 Å². The number of unbranched alkanes of at least 4 members (excludes halogenated alkanes) is 1. The van der Waals surface area contributed by atoms with E-state index in [1.807, 2.05) is 68.4 Å². The summed E-state index contributed by atoms with van der Waals surface area (Å²) in [4.78, 5) is 41.0. The van der Waals surface area contributed by atoms with Crippen molar-refractivity contribution >= 4 is 17.9 Å². The minimum atomic E-state index is -0.865. The monoisotopic (exact) mass is 481 g/mol. The minimum absolute atomic E-state index is 0.270. The first-order chi connectivity index (χ1) is 16.5.